The van der Waals surface area contributed by atoms with Crippen LogP contribution in [0.4, 0.5) is 18.9 Å². The van der Waals surface area contributed by atoms with Gasteiger partial charge in [-0.3, -0.25) is 4.79 Å². The van der Waals surface area contributed by atoms with Gasteiger partial charge in [-0.1, -0.05) is 17.3 Å². The third kappa shape index (κ3) is 4.77. The van der Waals surface area contributed by atoms with Gasteiger partial charge in [-0.25, -0.2) is 0 Å². The summed E-state index contributed by atoms with van der Waals surface area (Å²) in [5.74, 6) is 0.334. The van der Waals surface area contributed by atoms with Gasteiger partial charge in [0.2, 0.25) is 0 Å². The van der Waals surface area contributed by atoms with Crippen molar-refractivity contribution >= 4 is 11.6 Å². The molecule has 0 aliphatic heterocycles. The van der Waals surface area contributed by atoms with E-state index in [2.05, 4.69) is 10.5 Å². The predicted molar refractivity (Wildman–Crippen MR) is 101 cm³/mol. The fourth-order valence-corrected chi connectivity index (χ4v) is 2.66. The number of amides is 1. The van der Waals surface area contributed by atoms with Crippen molar-refractivity contribution in [3.63, 3.8) is 0 Å². The third-order valence-electron chi connectivity index (χ3n) is 4.51. The van der Waals surface area contributed by atoms with Crippen LogP contribution in [0.1, 0.15) is 38.5 Å². The van der Waals surface area contributed by atoms with E-state index >= 15 is 0 Å². The number of ether oxygens (including phenoxy) is 1. The van der Waals surface area contributed by atoms with Gasteiger partial charge in [0, 0.05) is 5.69 Å². The summed E-state index contributed by atoms with van der Waals surface area (Å²) in [5.41, 5.74) is 1.72. The van der Waals surface area contributed by atoms with Crippen LogP contribution in [0.3, 0.4) is 0 Å². The lowest BCUT2D eigenvalue weighted by atomic mass is 10.1. The van der Waals surface area contributed by atoms with Crippen LogP contribution in [0.25, 0.3) is 0 Å². The van der Waals surface area contributed by atoms with Crippen LogP contribution in [-0.2, 0) is 12.8 Å². The van der Waals surface area contributed by atoms with Crippen LogP contribution in [-0.4, -0.2) is 11.1 Å². The van der Waals surface area contributed by atoms with Crippen LogP contribution in [0, 0.1) is 20.8 Å². The Labute approximate surface area is 165 Å². The number of aromatic nitrogens is 1. The van der Waals surface area contributed by atoms with Gasteiger partial charge in [0.25, 0.3) is 5.91 Å². The number of hydrogen-bond donors (Lipinski definition) is 1. The minimum Gasteiger partial charge on any atom is -0.489 e. The third-order valence-corrected chi connectivity index (χ3v) is 4.51. The largest absolute Gasteiger partial charge is 0.489 e. The zero-order valence-corrected chi connectivity index (χ0v) is 16.1. The summed E-state index contributed by atoms with van der Waals surface area (Å²) in [6.07, 6.45) is -4.50. The normalized spacial score (nSPS) is 11.4. The number of hydrogen-bond acceptors (Lipinski definition) is 4. The van der Waals surface area contributed by atoms with E-state index in [0.29, 0.717) is 17.1 Å². The molecule has 0 saturated heterocycles. The topological polar surface area (TPSA) is 64.4 Å². The van der Waals surface area contributed by atoms with Crippen molar-refractivity contribution < 1.29 is 27.2 Å². The number of alkyl halides is 3. The summed E-state index contributed by atoms with van der Waals surface area (Å²) in [6.45, 7) is 5.61. The van der Waals surface area contributed by atoms with Crippen molar-refractivity contribution in [1.29, 1.82) is 0 Å². The Bertz CT molecular complexity index is 1040. The van der Waals surface area contributed by atoms with Crippen LogP contribution in [0.5, 0.6) is 5.75 Å². The smallest absolute Gasteiger partial charge is 0.416 e. The van der Waals surface area contributed by atoms with E-state index < -0.39 is 17.6 Å². The molecule has 0 spiro atoms. The van der Waals surface area contributed by atoms with Crippen molar-refractivity contribution in [3.8, 4) is 5.75 Å². The van der Waals surface area contributed by atoms with E-state index in [-0.39, 0.29) is 18.0 Å². The monoisotopic (exact) mass is 404 g/mol. The first-order valence-electron chi connectivity index (χ1n) is 8.79. The molecule has 0 bridgehead atoms. The van der Waals surface area contributed by atoms with Gasteiger partial charge in [0.1, 0.15) is 18.1 Å². The highest BCUT2D eigenvalue weighted by atomic mass is 19.4. The second kappa shape index (κ2) is 7.98. The lowest BCUT2D eigenvalue weighted by Gasteiger charge is -2.10. The molecule has 1 amide bonds. The quantitative estimate of drug-likeness (QED) is 0.614. The zero-order chi connectivity index (χ0) is 21.2. The first kappa shape index (κ1) is 20.4. The standard InChI is InChI=1S/C21H19F3N2O3/c1-12-7-8-17(9-13(12)2)28-11-18-14(3)29-26-19(18)20(27)25-16-6-4-5-15(10-16)21(22,23)24/h4-10H,11H2,1-3H3,(H,25,27). The first-order valence-corrected chi connectivity index (χ1v) is 8.79. The molecule has 1 N–H and O–H groups in total. The van der Waals surface area contributed by atoms with E-state index in [0.717, 1.165) is 23.3 Å². The van der Waals surface area contributed by atoms with Crippen molar-refractivity contribution in [2.45, 2.75) is 33.6 Å². The van der Waals surface area contributed by atoms with Crippen molar-refractivity contribution in [2.75, 3.05) is 5.32 Å². The number of halogens is 3. The molecule has 152 valence electrons. The van der Waals surface area contributed by atoms with Crippen molar-refractivity contribution in [2.24, 2.45) is 0 Å². The molecule has 29 heavy (non-hydrogen) atoms. The molecule has 5 nitrogen and oxygen atoms in total. The molecule has 0 atom stereocenters. The highest BCUT2D eigenvalue weighted by Gasteiger charge is 2.30. The van der Waals surface area contributed by atoms with Gasteiger partial charge < -0.3 is 14.6 Å². The van der Waals surface area contributed by atoms with Gasteiger partial charge >= 0.3 is 6.18 Å². The lowest BCUT2D eigenvalue weighted by molar-refractivity contribution is -0.137. The van der Waals surface area contributed by atoms with Crippen LogP contribution in [0.2, 0.25) is 0 Å². The number of anilines is 1. The van der Waals surface area contributed by atoms with Gasteiger partial charge in [0.05, 0.1) is 11.1 Å². The van der Waals surface area contributed by atoms with E-state index in [1.165, 1.54) is 12.1 Å². The highest BCUT2D eigenvalue weighted by Crippen LogP contribution is 2.31. The van der Waals surface area contributed by atoms with Crippen LogP contribution in [0.15, 0.2) is 47.0 Å². The average Bonchev–Trinajstić information content (AvgIpc) is 3.03. The summed E-state index contributed by atoms with van der Waals surface area (Å²) in [5, 5.41) is 6.16. The molecule has 3 rings (SSSR count). The number of aryl methyl sites for hydroxylation is 3. The molecule has 1 aromatic heterocycles. The fourth-order valence-electron chi connectivity index (χ4n) is 2.66. The SMILES string of the molecule is Cc1ccc(OCc2c(C(=O)Nc3cccc(C(F)(F)F)c3)noc2C)cc1C. The van der Waals surface area contributed by atoms with Gasteiger partial charge in [-0.05, 0) is 62.2 Å². The minimum absolute atomic E-state index is 0.00602. The summed E-state index contributed by atoms with van der Waals surface area (Å²) in [4.78, 5) is 12.5. The van der Waals surface area contributed by atoms with Crippen LogP contribution >= 0.6 is 0 Å². The van der Waals surface area contributed by atoms with E-state index in [4.69, 9.17) is 9.26 Å². The minimum atomic E-state index is -4.50. The molecule has 0 saturated carbocycles. The number of carbonyl (C=O) groups is 1. The Kier molecular flexibility index (Phi) is 5.63. The number of carbonyl (C=O) groups excluding carboxylic acids is 1. The second-order valence-corrected chi connectivity index (χ2v) is 6.63. The number of nitrogens with zero attached hydrogens (tertiary/aromatic N) is 1. The Hall–Kier alpha value is -3.29. The molecule has 0 unspecified atom stereocenters. The average molecular weight is 404 g/mol. The van der Waals surface area contributed by atoms with Gasteiger partial charge in [0.15, 0.2) is 5.69 Å². The predicted octanol–water partition coefficient (Wildman–Crippen LogP) is 5.45. The van der Waals surface area contributed by atoms with E-state index in [1.54, 1.807) is 6.92 Å². The summed E-state index contributed by atoms with van der Waals surface area (Å²) in [6, 6.07) is 9.98. The molecule has 0 fully saturated rings. The number of rotatable bonds is 5. The summed E-state index contributed by atoms with van der Waals surface area (Å²) < 4.78 is 49.4. The molecular formula is C21H19F3N2O3. The highest BCUT2D eigenvalue weighted by molar-refractivity contribution is 6.03. The Morgan fingerprint density at radius 1 is 1.10 bits per heavy atom. The molecule has 0 radical (unpaired) electrons. The Morgan fingerprint density at radius 2 is 1.86 bits per heavy atom. The fraction of sp³-hybridized carbons (Fsp3) is 0.238. The lowest BCUT2D eigenvalue weighted by Crippen LogP contribution is -2.16. The molecule has 8 heteroatoms. The molecule has 2 aromatic carbocycles. The number of benzene rings is 2. The Morgan fingerprint density at radius 3 is 2.55 bits per heavy atom. The van der Waals surface area contributed by atoms with Crippen molar-refractivity contribution in [1.82, 2.24) is 5.16 Å². The maximum absolute atomic E-state index is 12.9. The molecule has 0 aliphatic rings. The first-order chi connectivity index (χ1) is 13.6. The van der Waals surface area contributed by atoms with Gasteiger partial charge in [-0.15, -0.1) is 0 Å². The molecule has 0 aliphatic carbocycles. The molecule has 1 heterocycles. The maximum Gasteiger partial charge on any atom is 0.416 e. The number of nitrogens with one attached hydrogen (secondary N) is 1. The summed E-state index contributed by atoms with van der Waals surface area (Å²) in [7, 11) is 0. The second-order valence-electron chi connectivity index (χ2n) is 6.63. The maximum atomic E-state index is 12.9. The summed E-state index contributed by atoms with van der Waals surface area (Å²) >= 11 is 0. The molecular weight excluding hydrogens is 385 g/mol. The zero-order valence-electron chi connectivity index (χ0n) is 16.1. The van der Waals surface area contributed by atoms with Crippen LogP contribution < -0.4 is 10.1 Å². The van der Waals surface area contributed by atoms with Crippen molar-refractivity contribution in [3.05, 3.63) is 76.2 Å². The van der Waals surface area contributed by atoms with Gasteiger partial charge in [-0.2, -0.15) is 13.2 Å². The molecule has 3 aromatic rings. The van der Waals surface area contributed by atoms with E-state index in [1.807, 2.05) is 32.0 Å². The Balaban J connectivity index is 1.76. The van der Waals surface area contributed by atoms with E-state index in [9.17, 15) is 18.0 Å².